The fourth-order valence-corrected chi connectivity index (χ4v) is 2.15. The Bertz CT molecular complexity index is 468. The number of alkyl halides is 1. The van der Waals surface area contributed by atoms with Crippen LogP contribution in [-0.2, 0) is 6.54 Å². The third-order valence-electron chi connectivity index (χ3n) is 2.33. The van der Waals surface area contributed by atoms with E-state index in [-0.39, 0.29) is 6.67 Å². The van der Waals surface area contributed by atoms with Gasteiger partial charge < -0.3 is 4.57 Å². The van der Waals surface area contributed by atoms with E-state index in [9.17, 15) is 4.39 Å². The summed E-state index contributed by atoms with van der Waals surface area (Å²) in [7, 11) is 0. The minimum Gasteiger partial charge on any atom is -0.331 e. The molecule has 0 atom stereocenters. The van der Waals surface area contributed by atoms with Crippen molar-refractivity contribution >= 4 is 22.6 Å². The van der Waals surface area contributed by atoms with Gasteiger partial charge in [-0.05, 0) is 41.1 Å². The molecule has 0 N–H and O–H groups in total. The minimum atomic E-state index is -0.288. The lowest BCUT2D eigenvalue weighted by Crippen LogP contribution is -2.00. The van der Waals surface area contributed by atoms with Gasteiger partial charge in [-0.2, -0.15) is 0 Å². The van der Waals surface area contributed by atoms with E-state index >= 15 is 0 Å². The zero-order valence-corrected chi connectivity index (χ0v) is 10.9. The minimum absolute atomic E-state index is 0.288. The van der Waals surface area contributed by atoms with Crippen molar-refractivity contribution in [3.8, 4) is 11.4 Å². The van der Waals surface area contributed by atoms with Gasteiger partial charge in [-0.15, -0.1) is 0 Å². The van der Waals surface area contributed by atoms with Gasteiger partial charge in [0.05, 0.1) is 6.67 Å². The summed E-state index contributed by atoms with van der Waals surface area (Å²) in [6.07, 6.45) is 4.19. The highest BCUT2D eigenvalue weighted by Crippen LogP contribution is 2.19. The van der Waals surface area contributed by atoms with Crippen molar-refractivity contribution < 1.29 is 4.39 Å². The Labute approximate surface area is 108 Å². The molecule has 0 aliphatic heterocycles. The summed E-state index contributed by atoms with van der Waals surface area (Å²) in [5.41, 5.74) is 1.08. The first-order valence-corrected chi connectivity index (χ1v) is 6.22. The molecule has 0 saturated heterocycles. The Kier molecular flexibility index (Phi) is 3.93. The third kappa shape index (κ3) is 2.61. The van der Waals surface area contributed by atoms with E-state index in [1.54, 1.807) is 6.20 Å². The first-order valence-electron chi connectivity index (χ1n) is 5.14. The normalized spacial score (nSPS) is 10.6. The summed E-state index contributed by atoms with van der Waals surface area (Å²) in [5.74, 6) is 0.909. The molecule has 16 heavy (non-hydrogen) atoms. The number of nitrogens with zero attached hydrogens (tertiary/aromatic N) is 2. The van der Waals surface area contributed by atoms with Crippen molar-refractivity contribution in [2.75, 3.05) is 6.67 Å². The summed E-state index contributed by atoms with van der Waals surface area (Å²) in [6, 6.07) is 8.15. The van der Waals surface area contributed by atoms with Gasteiger partial charge in [-0.25, -0.2) is 4.98 Å². The highest BCUT2D eigenvalue weighted by Gasteiger charge is 2.05. The van der Waals surface area contributed by atoms with E-state index in [2.05, 4.69) is 33.6 Å². The molecule has 0 bridgehead atoms. The van der Waals surface area contributed by atoms with Gasteiger partial charge in [0.15, 0.2) is 0 Å². The lowest BCUT2D eigenvalue weighted by Gasteiger charge is -2.06. The third-order valence-corrected chi connectivity index (χ3v) is 3.00. The average Bonchev–Trinajstić information content (AvgIpc) is 2.74. The molecule has 1 aromatic carbocycles. The van der Waals surface area contributed by atoms with Crippen molar-refractivity contribution in [3.05, 3.63) is 40.2 Å². The molecule has 2 nitrogen and oxygen atoms in total. The monoisotopic (exact) mass is 330 g/mol. The van der Waals surface area contributed by atoms with Crippen molar-refractivity contribution in [3.63, 3.8) is 0 Å². The molecule has 4 heteroatoms. The largest absolute Gasteiger partial charge is 0.331 e. The van der Waals surface area contributed by atoms with E-state index in [1.165, 1.54) is 3.57 Å². The number of imidazole rings is 1. The first kappa shape index (κ1) is 11.6. The van der Waals surface area contributed by atoms with Gasteiger partial charge in [0.2, 0.25) is 0 Å². The predicted octanol–water partition coefficient (Wildman–Crippen LogP) is 3.51. The quantitative estimate of drug-likeness (QED) is 0.785. The van der Waals surface area contributed by atoms with Crippen LogP contribution >= 0.6 is 22.6 Å². The Morgan fingerprint density at radius 2 is 2.25 bits per heavy atom. The summed E-state index contributed by atoms with van der Waals surface area (Å²) < 4.78 is 15.3. The molecule has 1 aromatic heterocycles. The van der Waals surface area contributed by atoms with Crippen LogP contribution in [0.1, 0.15) is 6.42 Å². The molecule has 0 amide bonds. The fourth-order valence-electron chi connectivity index (χ4n) is 1.61. The molecule has 0 saturated carbocycles. The van der Waals surface area contributed by atoms with Crippen molar-refractivity contribution in [2.45, 2.75) is 13.0 Å². The molecular weight excluding hydrogens is 318 g/mol. The number of aryl methyl sites for hydroxylation is 1. The van der Waals surface area contributed by atoms with Crippen LogP contribution in [0.5, 0.6) is 0 Å². The number of aromatic nitrogens is 2. The summed E-state index contributed by atoms with van der Waals surface area (Å²) >= 11 is 2.27. The van der Waals surface area contributed by atoms with Crippen LogP contribution in [0, 0.1) is 3.57 Å². The Hall–Kier alpha value is -0.910. The van der Waals surface area contributed by atoms with Gasteiger partial charge in [-0.3, -0.25) is 4.39 Å². The zero-order valence-electron chi connectivity index (χ0n) is 8.74. The summed E-state index contributed by atoms with van der Waals surface area (Å²) in [5, 5.41) is 0. The molecule has 0 radical (unpaired) electrons. The molecule has 0 aliphatic carbocycles. The van der Waals surface area contributed by atoms with Crippen LogP contribution in [-0.4, -0.2) is 16.2 Å². The maximum atomic E-state index is 12.1. The second-order valence-electron chi connectivity index (χ2n) is 3.50. The Balaban J connectivity index is 2.29. The van der Waals surface area contributed by atoms with Gasteiger partial charge in [0.25, 0.3) is 0 Å². The number of benzene rings is 1. The number of halogens is 2. The van der Waals surface area contributed by atoms with Crippen LogP contribution in [0.4, 0.5) is 4.39 Å². The van der Waals surface area contributed by atoms with Crippen LogP contribution in [0.15, 0.2) is 36.7 Å². The smallest absolute Gasteiger partial charge is 0.139 e. The van der Waals surface area contributed by atoms with Crippen molar-refractivity contribution in [2.24, 2.45) is 0 Å². The maximum Gasteiger partial charge on any atom is 0.139 e. The van der Waals surface area contributed by atoms with Gasteiger partial charge in [0, 0.05) is 28.1 Å². The van der Waals surface area contributed by atoms with E-state index in [4.69, 9.17) is 0 Å². The number of hydrogen-bond acceptors (Lipinski definition) is 1. The Morgan fingerprint density at radius 3 is 3.00 bits per heavy atom. The van der Waals surface area contributed by atoms with Gasteiger partial charge >= 0.3 is 0 Å². The molecule has 84 valence electrons. The number of hydrogen-bond donors (Lipinski definition) is 0. The average molecular weight is 330 g/mol. The highest BCUT2D eigenvalue weighted by molar-refractivity contribution is 14.1. The standard InChI is InChI=1S/C12H12FIN2/c13-5-2-7-16-8-6-15-12(16)10-3-1-4-11(14)9-10/h1,3-4,6,8-9H,2,5,7H2. The maximum absolute atomic E-state index is 12.1. The van der Waals surface area contributed by atoms with Gasteiger partial charge in [-0.1, -0.05) is 12.1 Å². The van der Waals surface area contributed by atoms with Crippen molar-refractivity contribution in [1.29, 1.82) is 0 Å². The lowest BCUT2D eigenvalue weighted by molar-refractivity contribution is 0.448. The molecule has 2 rings (SSSR count). The molecule has 0 spiro atoms. The molecule has 0 unspecified atom stereocenters. The van der Waals surface area contributed by atoms with E-state index < -0.39 is 0 Å². The topological polar surface area (TPSA) is 17.8 Å². The summed E-state index contributed by atoms with van der Waals surface area (Å²) in [6.45, 7) is 0.390. The molecule has 1 heterocycles. The Morgan fingerprint density at radius 1 is 1.38 bits per heavy atom. The second kappa shape index (κ2) is 5.43. The van der Waals surface area contributed by atoms with Crippen molar-refractivity contribution in [1.82, 2.24) is 9.55 Å². The fraction of sp³-hybridized carbons (Fsp3) is 0.250. The lowest BCUT2D eigenvalue weighted by atomic mass is 10.2. The van der Waals surface area contributed by atoms with E-state index in [0.717, 1.165) is 11.4 Å². The molecule has 2 aromatic rings. The van der Waals surface area contributed by atoms with Crippen LogP contribution in [0.2, 0.25) is 0 Å². The predicted molar refractivity (Wildman–Crippen MR) is 71.0 cm³/mol. The number of rotatable bonds is 4. The molecular formula is C12H12FIN2. The molecule has 0 fully saturated rings. The molecule has 0 aliphatic rings. The van der Waals surface area contributed by atoms with Crippen LogP contribution in [0.25, 0.3) is 11.4 Å². The second-order valence-corrected chi connectivity index (χ2v) is 4.74. The SMILES string of the molecule is FCCCn1ccnc1-c1cccc(I)c1. The highest BCUT2D eigenvalue weighted by atomic mass is 127. The first-order chi connectivity index (χ1) is 7.81. The van der Waals surface area contributed by atoms with Gasteiger partial charge in [0.1, 0.15) is 5.82 Å². The summed E-state index contributed by atoms with van der Waals surface area (Å²) in [4.78, 5) is 4.32. The van der Waals surface area contributed by atoms with Crippen LogP contribution in [0.3, 0.4) is 0 Å². The van der Waals surface area contributed by atoms with E-state index in [1.807, 2.05) is 29.0 Å². The van der Waals surface area contributed by atoms with E-state index in [0.29, 0.717) is 13.0 Å². The van der Waals surface area contributed by atoms with Crippen LogP contribution < -0.4 is 0 Å². The zero-order chi connectivity index (χ0) is 11.4.